The predicted molar refractivity (Wildman–Crippen MR) is 104 cm³/mol. The zero-order valence-corrected chi connectivity index (χ0v) is 16.1. The normalized spacial score (nSPS) is 19.2. The van der Waals surface area contributed by atoms with Gasteiger partial charge < -0.3 is 5.32 Å². The fourth-order valence-corrected chi connectivity index (χ4v) is 5.79. The van der Waals surface area contributed by atoms with E-state index in [4.69, 9.17) is 5.14 Å². The lowest BCUT2D eigenvalue weighted by atomic mass is 9.88. The van der Waals surface area contributed by atoms with E-state index in [1.807, 2.05) is 17.5 Å². The van der Waals surface area contributed by atoms with Crippen LogP contribution in [-0.2, 0) is 29.5 Å². The Morgan fingerprint density at radius 2 is 2.15 bits per heavy atom. The molecule has 8 heteroatoms. The largest absolute Gasteiger partial charge is 0.322 e. The van der Waals surface area contributed by atoms with Crippen LogP contribution >= 0.6 is 11.3 Å². The van der Waals surface area contributed by atoms with Gasteiger partial charge in [0.15, 0.2) is 0 Å². The third-order valence-corrected chi connectivity index (χ3v) is 7.19. The first-order chi connectivity index (χ1) is 12.3. The summed E-state index contributed by atoms with van der Waals surface area (Å²) in [6.07, 6.45) is 3.70. The smallest absolute Gasteiger partial charge is 0.299 e. The second-order valence-corrected chi connectivity index (χ2v) is 9.50. The van der Waals surface area contributed by atoms with Gasteiger partial charge in [-0.05, 0) is 54.9 Å². The maximum atomic E-state index is 12.7. The van der Waals surface area contributed by atoms with Crippen molar-refractivity contribution in [3.05, 3.63) is 45.1 Å². The summed E-state index contributed by atoms with van der Waals surface area (Å²) >= 11 is 1.65. The van der Waals surface area contributed by atoms with Crippen molar-refractivity contribution in [2.24, 2.45) is 11.1 Å². The number of anilines is 2. The molecule has 1 aliphatic heterocycles. The summed E-state index contributed by atoms with van der Waals surface area (Å²) in [7, 11) is -3.80. The van der Waals surface area contributed by atoms with E-state index in [0.717, 1.165) is 36.0 Å². The van der Waals surface area contributed by atoms with Crippen LogP contribution in [0.3, 0.4) is 0 Å². The minimum Gasteiger partial charge on any atom is -0.322 e. The first-order valence-corrected chi connectivity index (χ1v) is 11.0. The predicted octanol–water partition coefficient (Wildman–Crippen LogP) is 2.69. The van der Waals surface area contributed by atoms with Crippen molar-refractivity contribution < 1.29 is 13.2 Å². The maximum absolute atomic E-state index is 12.7. The standard InChI is InChI=1S/C18H21N3O3S2/c1-11-2-5-14-15(10-25-17(14)8-11)18(22)20-13-4-3-12-6-7-21(16(12)9-13)26(19,23)24/h3-4,9-11H,2,5-8H2,1H3,(H,20,22)(H2,19,23,24)/t11-/m1/s1. The molecule has 6 nitrogen and oxygen atoms in total. The summed E-state index contributed by atoms with van der Waals surface area (Å²) in [5, 5.41) is 10.1. The van der Waals surface area contributed by atoms with Crippen LogP contribution in [0, 0.1) is 5.92 Å². The van der Waals surface area contributed by atoms with Gasteiger partial charge in [-0.1, -0.05) is 13.0 Å². The maximum Gasteiger partial charge on any atom is 0.299 e. The summed E-state index contributed by atoms with van der Waals surface area (Å²) < 4.78 is 24.6. The van der Waals surface area contributed by atoms with Crippen molar-refractivity contribution in [2.45, 2.75) is 32.6 Å². The monoisotopic (exact) mass is 391 g/mol. The Morgan fingerprint density at radius 3 is 2.92 bits per heavy atom. The quantitative estimate of drug-likeness (QED) is 0.842. The highest BCUT2D eigenvalue weighted by Gasteiger charge is 2.27. The van der Waals surface area contributed by atoms with E-state index in [-0.39, 0.29) is 5.91 Å². The molecule has 0 saturated heterocycles. The molecule has 0 saturated carbocycles. The molecule has 1 aromatic carbocycles. The highest BCUT2D eigenvalue weighted by atomic mass is 32.2. The van der Waals surface area contributed by atoms with E-state index in [1.165, 1.54) is 9.18 Å². The van der Waals surface area contributed by atoms with Crippen molar-refractivity contribution in [2.75, 3.05) is 16.2 Å². The molecule has 1 aromatic heterocycles. The van der Waals surface area contributed by atoms with Crippen molar-refractivity contribution in [3.63, 3.8) is 0 Å². The van der Waals surface area contributed by atoms with Crippen LogP contribution < -0.4 is 14.8 Å². The fourth-order valence-electron chi connectivity index (χ4n) is 3.76. The van der Waals surface area contributed by atoms with Gasteiger partial charge in [0.05, 0.1) is 11.3 Å². The number of hydrogen-bond donors (Lipinski definition) is 2. The number of thiophene rings is 1. The first kappa shape index (κ1) is 17.5. The summed E-state index contributed by atoms with van der Waals surface area (Å²) in [6, 6.07) is 5.34. The van der Waals surface area contributed by atoms with Gasteiger partial charge in [-0.25, -0.2) is 5.14 Å². The number of hydrogen-bond acceptors (Lipinski definition) is 4. The Labute approximate surface area is 157 Å². The van der Waals surface area contributed by atoms with Gasteiger partial charge in [0.25, 0.3) is 16.1 Å². The molecule has 4 rings (SSSR count). The number of nitrogens with two attached hydrogens (primary N) is 1. The molecular weight excluding hydrogens is 370 g/mol. The van der Waals surface area contributed by atoms with Crippen LogP contribution in [0.4, 0.5) is 11.4 Å². The molecule has 0 radical (unpaired) electrons. The van der Waals surface area contributed by atoms with Crippen LogP contribution in [0.1, 0.15) is 39.7 Å². The molecule has 1 atom stereocenters. The number of amides is 1. The van der Waals surface area contributed by atoms with Gasteiger partial charge in [0.1, 0.15) is 0 Å². The van der Waals surface area contributed by atoms with E-state index in [1.54, 1.807) is 17.4 Å². The lowest BCUT2D eigenvalue weighted by Gasteiger charge is -2.19. The average molecular weight is 392 g/mol. The fraction of sp³-hybridized carbons (Fsp3) is 0.389. The number of nitrogens with one attached hydrogen (secondary N) is 1. The summed E-state index contributed by atoms with van der Waals surface area (Å²) in [4.78, 5) is 14.1. The van der Waals surface area contributed by atoms with E-state index in [2.05, 4.69) is 12.2 Å². The van der Waals surface area contributed by atoms with E-state index in [9.17, 15) is 13.2 Å². The van der Waals surface area contributed by atoms with Gasteiger partial charge >= 0.3 is 0 Å². The topological polar surface area (TPSA) is 92.5 Å². The minimum absolute atomic E-state index is 0.142. The SMILES string of the molecule is C[C@@H]1CCc2c(C(=O)Nc3ccc4c(c3)N(S(N)(=O)=O)CC4)csc2C1. The second-order valence-electron chi connectivity index (χ2n) is 7.06. The van der Waals surface area contributed by atoms with E-state index < -0.39 is 10.2 Å². The molecule has 26 heavy (non-hydrogen) atoms. The van der Waals surface area contributed by atoms with Gasteiger partial charge in [-0.2, -0.15) is 8.42 Å². The number of carbonyl (C=O) groups is 1. The Bertz CT molecular complexity index is 982. The van der Waals surface area contributed by atoms with Crippen LogP contribution in [0.15, 0.2) is 23.6 Å². The lowest BCUT2D eigenvalue weighted by Crippen LogP contribution is -2.35. The molecule has 0 bridgehead atoms. The zero-order valence-electron chi connectivity index (χ0n) is 14.5. The molecule has 1 amide bonds. The molecule has 0 unspecified atom stereocenters. The number of carbonyl (C=O) groups excluding carboxylic acids is 1. The van der Waals surface area contributed by atoms with Gasteiger partial charge in [-0.3, -0.25) is 9.10 Å². The highest BCUT2D eigenvalue weighted by molar-refractivity contribution is 7.90. The molecule has 2 aromatic rings. The Hall–Kier alpha value is -1.90. The van der Waals surface area contributed by atoms with Crippen molar-refractivity contribution >= 4 is 38.8 Å². The van der Waals surface area contributed by atoms with Gasteiger partial charge in [-0.15, -0.1) is 11.3 Å². The minimum atomic E-state index is -3.80. The van der Waals surface area contributed by atoms with E-state index >= 15 is 0 Å². The average Bonchev–Trinajstić information content (AvgIpc) is 3.17. The molecule has 2 aliphatic rings. The Balaban J connectivity index is 1.58. The molecule has 3 N–H and O–H groups in total. The molecule has 2 heterocycles. The highest BCUT2D eigenvalue weighted by Crippen LogP contribution is 2.34. The second kappa shape index (κ2) is 6.37. The third-order valence-electron chi connectivity index (χ3n) is 5.15. The lowest BCUT2D eigenvalue weighted by molar-refractivity contribution is 0.102. The molecule has 0 spiro atoms. The van der Waals surface area contributed by atoms with Gasteiger partial charge in [0, 0.05) is 22.5 Å². The first-order valence-electron chi connectivity index (χ1n) is 8.67. The molecule has 0 fully saturated rings. The molecular formula is C18H21N3O3S2. The molecule has 138 valence electrons. The third kappa shape index (κ3) is 3.13. The van der Waals surface area contributed by atoms with E-state index in [0.29, 0.717) is 30.3 Å². The summed E-state index contributed by atoms with van der Waals surface area (Å²) in [6.45, 7) is 2.58. The Morgan fingerprint density at radius 1 is 1.35 bits per heavy atom. The van der Waals surface area contributed by atoms with Crippen LogP contribution in [-0.4, -0.2) is 20.9 Å². The van der Waals surface area contributed by atoms with Crippen molar-refractivity contribution in [3.8, 4) is 0 Å². The van der Waals surface area contributed by atoms with Crippen LogP contribution in [0.2, 0.25) is 0 Å². The number of nitrogens with zero attached hydrogens (tertiary/aromatic N) is 1. The van der Waals surface area contributed by atoms with Gasteiger partial charge in [0.2, 0.25) is 0 Å². The van der Waals surface area contributed by atoms with Crippen LogP contribution in [0.25, 0.3) is 0 Å². The van der Waals surface area contributed by atoms with Crippen LogP contribution in [0.5, 0.6) is 0 Å². The number of rotatable bonds is 3. The number of benzene rings is 1. The van der Waals surface area contributed by atoms with Crippen molar-refractivity contribution in [1.29, 1.82) is 0 Å². The number of fused-ring (bicyclic) bond motifs is 2. The zero-order chi connectivity index (χ0) is 18.5. The van der Waals surface area contributed by atoms with Crippen molar-refractivity contribution in [1.82, 2.24) is 0 Å². The summed E-state index contributed by atoms with van der Waals surface area (Å²) in [5.74, 6) is 0.523. The summed E-state index contributed by atoms with van der Waals surface area (Å²) in [5.41, 5.74) is 3.94. The molecule has 1 aliphatic carbocycles. The Kier molecular flexibility index (Phi) is 4.29.